The van der Waals surface area contributed by atoms with Crippen LogP contribution in [0.4, 0.5) is 5.69 Å². The Morgan fingerprint density at radius 2 is 1.50 bits per heavy atom. The summed E-state index contributed by atoms with van der Waals surface area (Å²) in [5, 5.41) is 0. The molecule has 0 aromatic heterocycles. The predicted octanol–water partition coefficient (Wildman–Crippen LogP) is 1.27. The predicted molar refractivity (Wildman–Crippen MR) is 30.9 cm³/mol. The van der Waals surface area contributed by atoms with Crippen LogP contribution in [-0.2, 0) is 0 Å². The molecule has 0 unspecified atom stereocenters. The average Bonchev–Trinajstić information content (AvgIpc) is 1.69. The van der Waals surface area contributed by atoms with Gasteiger partial charge in [-0.25, -0.2) is 0 Å². The fourth-order valence-corrected chi connectivity index (χ4v) is 0.453. The maximum absolute atomic E-state index is 5.36. The van der Waals surface area contributed by atoms with Crippen LogP contribution in [0.2, 0.25) is 0 Å². The maximum Gasteiger partial charge on any atom is 0.0313 e. The summed E-state index contributed by atoms with van der Waals surface area (Å²) >= 11 is 0. The third-order valence-corrected chi connectivity index (χ3v) is 0.800. The molecule has 0 aliphatic rings. The Kier molecular flexibility index (Phi) is 4.51. The molecule has 1 aromatic rings. The van der Waals surface area contributed by atoms with Crippen LogP contribution < -0.4 is 5.73 Å². The van der Waals surface area contributed by atoms with E-state index in [0.717, 1.165) is 5.69 Å². The first kappa shape index (κ1) is 8.40. The summed E-state index contributed by atoms with van der Waals surface area (Å²) in [5.74, 6) is 0. The molecule has 1 aromatic carbocycles. The maximum atomic E-state index is 5.36. The molecule has 0 heterocycles. The van der Waals surface area contributed by atoms with Crippen molar-refractivity contribution in [3.8, 4) is 0 Å². The second kappa shape index (κ2) is 4.29. The van der Waals surface area contributed by atoms with Crippen molar-refractivity contribution in [2.45, 2.75) is 0 Å². The molecule has 0 radical (unpaired) electrons. The van der Waals surface area contributed by atoms with Crippen LogP contribution in [0.25, 0.3) is 0 Å². The van der Waals surface area contributed by atoms with Crippen LogP contribution in [0.15, 0.2) is 30.3 Å². The molecule has 0 bridgehead atoms. The summed E-state index contributed by atoms with van der Waals surface area (Å²) in [5.41, 5.74) is 6.18. The van der Waals surface area contributed by atoms with Gasteiger partial charge in [0.15, 0.2) is 0 Å². The van der Waals surface area contributed by atoms with E-state index in [1.54, 1.807) is 0 Å². The van der Waals surface area contributed by atoms with E-state index in [2.05, 4.69) is 0 Å². The van der Waals surface area contributed by atoms with Crippen LogP contribution in [0, 0.1) is 41.7 Å². The average molecular weight is 233 g/mol. The van der Waals surface area contributed by atoms with Gasteiger partial charge in [-0.2, -0.15) is 0 Å². The van der Waals surface area contributed by atoms with E-state index in [4.69, 9.17) is 5.73 Å². The molecule has 2 heteroatoms. The van der Waals surface area contributed by atoms with Crippen molar-refractivity contribution in [3.63, 3.8) is 0 Å². The molecule has 8 heavy (non-hydrogen) atoms. The van der Waals surface area contributed by atoms with Crippen LogP contribution >= 0.6 is 0 Å². The molecule has 1 nitrogen and oxygen atoms in total. The van der Waals surface area contributed by atoms with Crippen LogP contribution in [0.1, 0.15) is 0 Å². The van der Waals surface area contributed by atoms with Gasteiger partial charge in [-0.1, -0.05) is 18.2 Å². The fraction of sp³-hybridized carbons (Fsp3) is 0. The van der Waals surface area contributed by atoms with E-state index in [0.29, 0.717) is 0 Å². The van der Waals surface area contributed by atoms with E-state index in [9.17, 15) is 0 Å². The van der Waals surface area contributed by atoms with Gasteiger partial charge in [0.1, 0.15) is 0 Å². The Morgan fingerprint density at radius 1 is 1.00 bits per heavy atom. The van der Waals surface area contributed by atoms with E-state index in [-0.39, 0.29) is 41.7 Å². The van der Waals surface area contributed by atoms with Gasteiger partial charge in [-0.15, -0.1) is 0 Å². The minimum Gasteiger partial charge on any atom is -0.399 e. The number of nitrogens with two attached hydrogens (primary N) is 1. The van der Waals surface area contributed by atoms with E-state index in [1.807, 2.05) is 30.3 Å². The zero-order valence-corrected chi connectivity index (χ0v) is 7.60. The number of hydrogen-bond donors (Lipinski definition) is 1. The van der Waals surface area contributed by atoms with Crippen molar-refractivity contribution in [3.05, 3.63) is 30.3 Å². The van der Waals surface area contributed by atoms with Crippen molar-refractivity contribution in [1.82, 2.24) is 0 Å². The van der Waals surface area contributed by atoms with E-state index < -0.39 is 0 Å². The molecule has 0 amide bonds. The first-order chi connectivity index (χ1) is 3.39. The number of benzene rings is 1. The molecular weight excluding hydrogens is 226 g/mol. The molecule has 1 rings (SSSR count). The fourth-order valence-electron chi connectivity index (χ4n) is 0.453. The van der Waals surface area contributed by atoms with Gasteiger partial charge < -0.3 is 5.73 Å². The molecule has 40 valence electrons. The number of rotatable bonds is 0. The molecule has 0 fully saturated rings. The van der Waals surface area contributed by atoms with Crippen LogP contribution in [0.5, 0.6) is 0 Å². The SMILES string of the molecule is Nc1ccccc1.[Ce]. The van der Waals surface area contributed by atoms with Crippen molar-refractivity contribution < 1.29 is 41.7 Å². The molecule has 0 atom stereocenters. The normalized spacial score (nSPS) is 7.50. The van der Waals surface area contributed by atoms with Gasteiger partial charge in [-0.05, 0) is 12.1 Å². The van der Waals surface area contributed by atoms with Gasteiger partial charge in [0.2, 0.25) is 0 Å². The summed E-state index contributed by atoms with van der Waals surface area (Å²) in [7, 11) is 0. The minimum atomic E-state index is 0. The van der Waals surface area contributed by atoms with Gasteiger partial charge >= 0.3 is 0 Å². The number of anilines is 1. The zero-order valence-electron chi connectivity index (χ0n) is 4.46. The van der Waals surface area contributed by atoms with Gasteiger partial charge in [0, 0.05) is 47.4 Å². The molecule has 0 aliphatic carbocycles. The van der Waals surface area contributed by atoms with Gasteiger partial charge in [0.05, 0.1) is 0 Å². The summed E-state index contributed by atoms with van der Waals surface area (Å²) < 4.78 is 0. The third-order valence-electron chi connectivity index (χ3n) is 0.800. The Hall–Kier alpha value is 0.397. The van der Waals surface area contributed by atoms with E-state index >= 15 is 0 Å². The molecular formula is C6H7CeN. The van der Waals surface area contributed by atoms with Gasteiger partial charge in [-0.3, -0.25) is 0 Å². The summed E-state index contributed by atoms with van der Waals surface area (Å²) in [4.78, 5) is 0. The monoisotopic (exact) mass is 233 g/mol. The molecule has 2 N–H and O–H groups in total. The van der Waals surface area contributed by atoms with Crippen molar-refractivity contribution in [2.75, 3.05) is 5.73 Å². The standard InChI is InChI=1S/C6H7N.Ce/c7-6-4-2-1-3-5-6;/h1-5H,7H2;. The number of hydrogen-bond acceptors (Lipinski definition) is 1. The minimum absolute atomic E-state index is 0. The smallest absolute Gasteiger partial charge is 0.0313 e. The van der Waals surface area contributed by atoms with Crippen LogP contribution in [-0.4, -0.2) is 0 Å². The quantitative estimate of drug-likeness (QED) is 0.671. The second-order valence-corrected chi connectivity index (χ2v) is 1.41. The Balaban J connectivity index is 0.000000490. The Labute approximate surface area is 82.7 Å². The molecule has 0 saturated heterocycles. The van der Waals surface area contributed by atoms with E-state index in [1.165, 1.54) is 0 Å². The summed E-state index contributed by atoms with van der Waals surface area (Å²) in [6, 6.07) is 9.49. The van der Waals surface area contributed by atoms with Crippen molar-refractivity contribution in [1.29, 1.82) is 0 Å². The molecule has 0 saturated carbocycles. The zero-order chi connectivity index (χ0) is 5.11. The summed E-state index contributed by atoms with van der Waals surface area (Å²) in [6.07, 6.45) is 0. The van der Waals surface area contributed by atoms with Crippen LogP contribution in [0.3, 0.4) is 0 Å². The van der Waals surface area contributed by atoms with Crippen molar-refractivity contribution >= 4 is 5.69 Å². The Bertz CT molecular complexity index is 138. The molecule has 0 aliphatic heterocycles. The Morgan fingerprint density at radius 3 is 1.75 bits per heavy atom. The van der Waals surface area contributed by atoms with Crippen molar-refractivity contribution in [2.24, 2.45) is 0 Å². The number of nitrogen functional groups attached to an aromatic ring is 1. The molecule has 0 spiro atoms. The van der Waals surface area contributed by atoms with Gasteiger partial charge in [0.25, 0.3) is 0 Å². The first-order valence-corrected chi connectivity index (χ1v) is 2.20. The second-order valence-electron chi connectivity index (χ2n) is 1.41. The largest absolute Gasteiger partial charge is 0.399 e. The first-order valence-electron chi connectivity index (χ1n) is 2.20. The topological polar surface area (TPSA) is 26.0 Å². The third kappa shape index (κ3) is 2.64. The summed E-state index contributed by atoms with van der Waals surface area (Å²) in [6.45, 7) is 0. The number of para-hydroxylation sites is 1.